The third-order valence-corrected chi connectivity index (χ3v) is 3.96. The highest BCUT2D eigenvalue weighted by Crippen LogP contribution is 2.37. The van der Waals surface area contributed by atoms with Gasteiger partial charge in [0.1, 0.15) is 5.75 Å². The Labute approximate surface area is 105 Å². The van der Waals surface area contributed by atoms with E-state index in [1.807, 2.05) is 6.07 Å². The molecular weight excluding hydrogens is 208 g/mol. The predicted octanol–water partition coefficient (Wildman–Crippen LogP) is 4.78. The fraction of sp³-hybridized carbons (Fsp3) is 0.625. The molecule has 94 valence electrons. The van der Waals surface area contributed by atoms with Crippen LogP contribution in [0.5, 0.6) is 5.75 Å². The van der Waals surface area contributed by atoms with Crippen LogP contribution in [0.4, 0.5) is 0 Å². The van der Waals surface area contributed by atoms with Gasteiger partial charge in [0.2, 0.25) is 0 Å². The quantitative estimate of drug-likeness (QED) is 0.792. The molecule has 0 amide bonds. The molecule has 1 aromatic rings. The van der Waals surface area contributed by atoms with Gasteiger partial charge in [-0.05, 0) is 48.8 Å². The average molecular weight is 232 g/mol. The fourth-order valence-electron chi connectivity index (χ4n) is 2.88. The molecule has 1 nitrogen and oxygen atoms in total. The van der Waals surface area contributed by atoms with Gasteiger partial charge in [0.25, 0.3) is 0 Å². The van der Waals surface area contributed by atoms with Crippen LogP contribution in [-0.2, 0) is 6.42 Å². The molecule has 1 aliphatic carbocycles. The molecule has 0 saturated heterocycles. The lowest BCUT2D eigenvalue weighted by molar-refractivity contribution is 0.414. The summed E-state index contributed by atoms with van der Waals surface area (Å²) in [5.41, 5.74) is 2.47. The van der Waals surface area contributed by atoms with Crippen LogP contribution in [0.15, 0.2) is 18.2 Å². The van der Waals surface area contributed by atoms with Gasteiger partial charge in [0.05, 0.1) is 0 Å². The van der Waals surface area contributed by atoms with Crippen LogP contribution >= 0.6 is 0 Å². The normalized spacial score (nSPS) is 17.2. The van der Waals surface area contributed by atoms with Crippen LogP contribution < -0.4 is 0 Å². The van der Waals surface area contributed by atoms with Gasteiger partial charge in [0, 0.05) is 0 Å². The van der Waals surface area contributed by atoms with E-state index in [-0.39, 0.29) is 0 Å². The highest BCUT2D eigenvalue weighted by molar-refractivity contribution is 5.39. The molecule has 0 radical (unpaired) electrons. The third kappa shape index (κ3) is 3.24. The summed E-state index contributed by atoms with van der Waals surface area (Å²) in [4.78, 5) is 0. The second kappa shape index (κ2) is 6.09. The van der Waals surface area contributed by atoms with Crippen molar-refractivity contribution in [1.29, 1.82) is 0 Å². The van der Waals surface area contributed by atoms with E-state index >= 15 is 0 Å². The number of aryl methyl sites for hydroxylation is 1. The van der Waals surface area contributed by atoms with E-state index in [4.69, 9.17) is 0 Å². The number of hydrogen-bond donors (Lipinski definition) is 1. The van der Waals surface area contributed by atoms with E-state index in [0.29, 0.717) is 11.7 Å². The molecule has 1 aliphatic rings. The maximum Gasteiger partial charge on any atom is 0.119 e. The molecule has 1 N–H and O–H groups in total. The van der Waals surface area contributed by atoms with Crippen molar-refractivity contribution < 1.29 is 5.11 Å². The van der Waals surface area contributed by atoms with Gasteiger partial charge in [-0.15, -0.1) is 0 Å². The van der Waals surface area contributed by atoms with Crippen LogP contribution in [0.25, 0.3) is 0 Å². The summed E-state index contributed by atoms with van der Waals surface area (Å²) < 4.78 is 0. The first-order chi connectivity index (χ1) is 8.31. The number of rotatable bonds is 4. The van der Waals surface area contributed by atoms with Gasteiger partial charge in [-0.2, -0.15) is 0 Å². The summed E-state index contributed by atoms with van der Waals surface area (Å²) in [6.07, 6.45) is 10.0. The highest BCUT2D eigenvalue weighted by atomic mass is 16.3. The van der Waals surface area contributed by atoms with Gasteiger partial charge in [-0.3, -0.25) is 0 Å². The molecule has 1 aromatic carbocycles. The van der Waals surface area contributed by atoms with Crippen LogP contribution in [-0.4, -0.2) is 5.11 Å². The van der Waals surface area contributed by atoms with E-state index in [0.717, 1.165) is 6.42 Å². The Hall–Kier alpha value is -0.980. The molecule has 1 fully saturated rings. The van der Waals surface area contributed by atoms with Crippen LogP contribution in [0.3, 0.4) is 0 Å². The maximum absolute atomic E-state index is 10.1. The summed E-state index contributed by atoms with van der Waals surface area (Å²) in [7, 11) is 0. The van der Waals surface area contributed by atoms with E-state index in [2.05, 4.69) is 19.1 Å². The van der Waals surface area contributed by atoms with Crippen molar-refractivity contribution in [3.05, 3.63) is 29.3 Å². The molecule has 0 atom stereocenters. The Morgan fingerprint density at radius 1 is 1.18 bits per heavy atom. The Balaban J connectivity index is 2.07. The summed E-state index contributed by atoms with van der Waals surface area (Å²) in [6, 6.07) is 6.36. The lowest BCUT2D eigenvalue weighted by Gasteiger charge is -2.23. The first kappa shape index (κ1) is 12.5. The number of phenolic OH excluding ortho intramolecular Hbond substituents is 1. The van der Waals surface area contributed by atoms with Crippen molar-refractivity contribution in [3.63, 3.8) is 0 Å². The lowest BCUT2D eigenvalue weighted by atomic mass is 9.83. The lowest BCUT2D eigenvalue weighted by Crippen LogP contribution is -2.04. The van der Waals surface area contributed by atoms with Crippen molar-refractivity contribution in [2.24, 2.45) is 0 Å². The minimum absolute atomic E-state index is 0.533. The Kier molecular flexibility index (Phi) is 4.47. The van der Waals surface area contributed by atoms with Crippen molar-refractivity contribution in [2.75, 3.05) is 0 Å². The van der Waals surface area contributed by atoms with E-state index in [1.54, 1.807) is 0 Å². The van der Waals surface area contributed by atoms with E-state index < -0.39 is 0 Å². The SMILES string of the molecule is CCCCc1ccc(C2CCCCC2)c(O)c1. The zero-order valence-corrected chi connectivity index (χ0v) is 10.9. The second-order valence-electron chi connectivity index (χ2n) is 5.33. The Morgan fingerprint density at radius 3 is 2.59 bits per heavy atom. The minimum atomic E-state index is 0.533. The average Bonchev–Trinajstić information content (AvgIpc) is 2.37. The summed E-state index contributed by atoms with van der Waals surface area (Å²) in [5.74, 6) is 1.13. The first-order valence-electron chi connectivity index (χ1n) is 7.13. The Bertz CT molecular complexity index is 351. The zero-order valence-electron chi connectivity index (χ0n) is 10.9. The molecule has 0 aromatic heterocycles. The number of hydrogen-bond acceptors (Lipinski definition) is 1. The number of phenols is 1. The molecular formula is C16H24O. The first-order valence-corrected chi connectivity index (χ1v) is 7.13. The second-order valence-corrected chi connectivity index (χ2v) is 5.33. The van der Waals surface area contributed by atoms with Crippen molar-refractivity contribution in [1.82, 2.24) is 0 Å². The van der Waals surface area contributed by atoms with E-state index in [9.17, 15) is 5.11 Å². The van der Waals surface area contributed by atoms with Crippen molar-refractivity contribution in [2.45, 2.75) is 64.2 Å². The standard InChI is InChI=1S/C16H24O/c1-2-3-7-13-10-11-15(16(17)12-13)14-8-5-4-6-9-14/h10-12,14,17H,2-9H2,1H3. The number of benzene rings is 1. The fourth-order valence-corrected chi connectivity index (χ4v) is 2.88. The van der Waals surface area contributed by atoms with Gasteiger partial charge in [-0.1, -0.05) is 44.7 Å². The largest absolute Gasteiger partial charge is 0.508 e. The molecule has 17 heavy (non-hydrogen) atoms. The molecule has 0 aliphatic heterocycles. The zero-order chi connectivity index (χ0) is 12.1. The summed E-state index contributed by atoms with van der Waals surface area (Å²) in [6.45, 7) is 2.20. The number of aromatic hydroxyl groups is 1. The molecule has 0 spiro atoms. The van der Waals surface area contributed by atoms with Crippen LogP contribution in [0, 0.1) is 0 Å². The molecule has 0 unspecified atom stereocenters. The van der Waals surface area contributed by atoms with E-state index in [1.165, 1.54) is 56.1 Å². The molecule has 1 saturated carbocycles. The van der Waals surface area contributed by atoms with Gasteiger partial charge >= 0.3 is 0 Å². The summed E-state index contributed by atoms with van der Waals surface area (Å²) >= 11 is 0. The molecule has 0 bridgehead atoms. The molecule has 0 heterocycles. The summed E-state index contributed by atoms with van der Waals surface area (Å²) in [5, 5.41) is 10.1. The smallest absolute Gasteiger partial charge is 0.119 e. The topological polar surface area (TPSA) is 20.2 Å². The maximum atomic E-state index is 10.1. The monoisotopic (exact) mass is 232 g/mol. The van der Waals surface area contributed by atoms with Gasteiger partial charge in [-0.25, -0.2) is 0 Å². The predicted molar refractivity (Wildman–Crippen MR) is 72.5 cm³/mol. The van der Waals surface area contributed by atoms with Crippen LogP contribution in [0.2, 0.25) is 0 Å². The van der Waals surface area contributed by atoms with Crippen LogP contribution in [0.1, 0.15) is 68.9 Å². The van der Waals surface area contributed by atoms with Gasteiger partial charge < -0.3 is 5.11 Å². The number of unbranched alkanes of at least 4 members (excludes halogenated alkanes) is 1. The highest BCUT2D eigenvalue weighted by Gasteiger charge is 2.18. The minimum Gasteiger partial charge on any atom is -0.508 e. The molecule has 1 heteroatoms. The van der Waals surface area contributed by atoms with Crippen molar-refractivity contribution >= 4 is 0 Å². The van der Waals surface area contributed by atoms with Gasteiger partial charge in [0.15, 0.2) is 0 Å². The molecule has 2 rings (SSSR count). The van der Waals surface area contributed by atoms with Crippen molar-refractivity contribution in [3.8, 4) is 5.75 Å². The Morgan fingerprint density at radius 2 is 1.94 bits per heavy atom. The third-order valence-electron chi connectivity index (χ3n) is 3.96.